The summed E-state index contributed by atoms with van der Waals surface area (Å²) in [5.41, 5.74) is 0.993. The van der Waals surface area contributed by atoms with E-state index in [1.165, 1.54) is 12.8 Å². The van der Waals surface area contributed by atoms with Crippen LogP contribution in [0.5, 0.6) is 0 Å². The molecule has 3 rings (SSSR count). The number of hydrogen-bond acceptors (Lipinski definition) is 4. The maximum atomic E-state index is 12.8. The summed E-state index contributed by atoms with van der Waals surface area (Å²) in [6.45, 7) is 5.56. The zero-order chi connectivity index (χ0) is 20.3. The third kappa shape index (κ3) is 4.93. The van der Waals surface area contributed by atoms with E-state index in [1.807, 2.05) is 6.92 Å². The molecule has 2 aliphatic rings. The molecule has 0 radical (unpaired) electrons. The van der Waals surface area contributed by atoms with Crippen molar-refractivity contribution in [3.05, 3.63) is 21.4 Å². The van der Waals surface area contributed by atoms with Gasteiger partial charge in [0, 0.05) is 18.8 Å². The van der Waals surface area contributed by atoms with Crippen molar-refractivity contribution >= 4 is 35.2 Å². The van der Waals surface area contributed by atoms with Gasteiger partial charge in [-0.05, 0) is 38.5 Å². The van der Waals surface area contributed by atoms with E-state index < -0.39 is 0 Å². The Morgan fingerprint density at radius 1 is 1.21 bits per heavy atom. The number of carbonyl (C=O) groups is 2. The summed E-state index contributed by atoms with van der Waals surface area (Å²) in [6, 6.07) is -0.222. The Morgan fingerprint density at radius 3 is 2.57 bits per heavy atom. The number of aromatic amines is 1. The molecule has 0 aromatic carbocycles. The third-order valence-electron chi connectivity index (χ3n) is 5.18. The minimum absolute atomic E-state index is 0.222. The maximum Gasteiger partial charge on any atom is 0.409 e. The molecular formula is C19H27Cl2N3O4. The second-order valence-electron chi connectivity index (χ2n) is 7.29. The number of amides is 2. The molecule has 2 heterocycles. The van der Waals surface area contributed by atoms with Crippen LogP contribution in [0.4, 0.5) is 4.79 Å². The van der Waals surface area contributed by atoms with Gasteiger partial charge in [0.25, 0.3) is 5.91 Å². The summed E-state index contributed by atoms with van der Waals surface area (Å²) in [7, 11) is 0. The number of halogens is 2. The van der Waals surface area contributed by atoms with Gasteiger partial charge in [-0.15, -0.1) is 0 Å². The first-order valence-corrected chi connectivity index (χ1v) is 10.6. The Labute approximate surface area is 175 Å². The smallest absolute Gasteiger partial charge is 0.409 e. The molecule has 2 fully saturated rings. The molecular weight excluding hydrogens is 405 g/mol. The van der Waals surface area contributed by atoms with Crippen molar-refractivity contribution in [3.63, 3.8) is 0 Å². The van der Waals surface area contributed by atoms with Crippen LogP contribution in [-0.4, -0.2) is 60.3 Å². The number of aromatic nitrogens is 1. The van der Waals surface area contributed by atoms with Crippen molar-refractivity contribution in [2.24, 2.45) is 5.92 Å². The molecule has 1 aliphatic carbocycles. The summed E-state index contributed by atoms with van der Waals surface area (Å²) >= 11 is 12.4. The van der Waals surface area contributed by atoms with Crippen molar-refractivity contribution in [1.29, 1.82) is 0 Å². The fourth-order valence-corrected chi connectivity index (χ4v) is 3.84. The molecule has 1 aromatic heterocycles. The van der Waals surface area contributed by atoms with Crippen LogP contribution in [0.25, 0.3) is 0 Å². The molecule has 2 N–H and O–H groups in total. The van der Waals surface area contributed by atoms with E-state index in [4.69, 9.17) is 32.7 Å². The molecule has 7 nitrogen and oxygen atoms in total. The third-order valence-corrected chi connectivity index (χ3v) is 6.07. The minimum atomic E-state index is -0.348. The number of ether oxygens (including phenoxy) is 2. The summed E-state index contributed by atoms with van der Waals surface area (Å²) < 4.78 is 11.2. The van der Waals surface area contributed by atoms with E-state index in [0.29, 0.717) is 50.1 Å². The number of nitrogens with zero attached hydrogens (tertiary/aromatic N) is 1. The van der Waals surface area contributed by atoms with E-state index >= 15 is 0 Å². The highest BCUT2D eigenvalue weighted by molar-refractivity contribution is 6.44. The highest BCUT2D eigenvalue weighted by atomic mass is 35.5. The van der Waals surface area contributed by atoms with Gasteiger partial charge in [0.05, 0.1) is 35.3 Å². The summed E-state index contributed by atoms with van der Waals surface area (Å²) in [6.07, 6.45) is 2.92. The highest BCUT2D eigenvalue weighted by Crippen LogP contribution is 2.31. The van der Waals surface area contributed by atoms with Crippen molar-refractivity contribution in [3.8, 4) is 0 Å². The first kappa shape index (κ1) is 21.3. The molecule has 2 amide bonds. The minimum Gasteiger partial charge on any atom is -0.450 e. The molecule has 156 valence electrons. The zero-order valence-corrected chi connectivity index (χ0v) is 17.7. The average molecular weight is 432 g/mol. The molecule has 1 aliphatic heterocycles. The Kier molecular flexibility index (Phi) is 7.12. The predicted octanol–water partition coefficient (Wildman–Crippen LogP) is 3.64. The molecule has 2 atom stereocenters. The standard InChI is InChI=1S/C19H27Cl2N3O4/c1-3-12-15(20)16(21)17(22-12)18(25)23-13-7-8-24(19(26)27-4-2)9-14(13)28-10-11-5-6-11/h11,13-14,22H,3-10H2,1-2H3,(H,23,25)/t13-,14+/m1/s1. The lowest BCUT2D eigenvalue weighted by Crippen LogP contribution is -2.56. The van der Waals surface area contributed by atoms with Crippen LogP contribution in [0.3, 0.4) is 0 Å². The lowest BCUT2D eigenvalue weighted by atomic mass is 10.0. The van der Waals surface area contributed by atoms with E-state index in [1.54, 1.807) is 11.8 Å². The summed E-state index contributed by atoms with van der Waals surface area (Å²) in [5.74, 6) is 0.263. The first-order valence-electron chi connectivity index (χ1n) is 9.84. The quantitative estimate of drug-likeness (QED) is 0.689. The number of hydrogen-bond donors (Lipinski definition) is 2. The molecule has 1 aromatic rings. The van der Waals surface area contributed by atoms with E-state index in [9.17, 15) is 9.59 Å². The van der Waals surface area contributed by atoms with Gasteiger partial charge >= 0.3 is 6.09 Å². The average Bonchev–Trinajstić information content (AvgIpc) is 3.47. The van der Waals surface area contributed by atoms with Crippen LogP contribution < -0.4 is 5.32 Å². The SMILES string of the molecule is CCOC(=O)N1CC[C@@H](NC(=O)c2[nH]c(CC)c(Cl)c2Cl)[C@@H](OCC2CC2)C1. The monoisotopic (exact) mass is 431 g/mol. The van der Waals surface area contributed by atoms with Gasteiger partial charge in [-0.1, -0.05) is 30.1 Å². The fourth-order valence-electron chi connectivity index (χ4n) is 3.32. The van der Waals surface area contributed by atoms with Gasteiger partial charge in [-0.25, -0.2) is 4.79 Å². The lowest BCUT2D eigenvalue weighted by Gasteiger charge is -2.38. The van der Waals surface area contributed by atoms with Gasteiger partial charge in [0.15, 0.2) is 0 Å². The van der Waals surface area contributed by atoms with Crippen LogP contribution in [0.1, 0.15) is 49.3 Å². The normalized spacial score (nSPS) is 22.2. The number of piperidine rings is 1. The Bertz CT molecular complexity index is 720. The molecule has 9 heteroatoms. The van der Waals surface area contributed by atoms with Crippen LogP contribution in [0.15, 0.2) is 0 Å². The Morgan fingerprint density at radius 2 is 1.96 bits per heavy atom. The maximum absolute atomic E-state index is 12.8. The van der Waals surface area contributed by atoms with Gasteiger partial charge in [0.1, 0.15) is 5.69 Å². The Balaban J connectivity index is 1.67. The van der Waals surface area contributed by atoms with Gasteiger partial charge in [0.2, 0.25) is 0 Å². The van der Waals surface area contributed by atoms with E-state index in [-0.39, 0.29) is 34.9 Å². The highest BCUT2D eigenvalue weighted by Gasteiger charge is 2.36. The van der Waals surface area contributed by atoms with Crippen LogP contribution in [0, 0.1) is 5.92 Å². The zero-order valence-electron chi connectivity index (χ0n) is 16.2. The van der Waals surface area contributed by atoms with Crippen molar-refractivity contribution in [1.82, 2.24) is 15.2 Å². The number of carbonyl (C=O) groups excluding carboxylic acids is 2. The molecule has 28 heavy (non-hydrogen) atoms. The second-order valence-corrected chi connectivity index (χ2v) is 8.04. The van der Waals surface area contributed by atoms with E-state index in [2.05, 4.69) is 10.3 Å². The second kappa shape index (κ2) is 9.37. The topological polar surface area (TPSA) is 83.7 Å². The molecule has 1 saturated heterocycles. The summed E-state index contributed by atoms with van der Waals surface area (Å²) in [5, 5.41) is 3.62. The number of likely N-dealkylation sites (tertiary alicyclic amines) is 1. The van der Waals surface area contributed by atoms with Gasteiger partial charge < -0.3 is 24.7 Å². The number of rotatable bonds is 7. The first-order chi connectivity index (χ1) is 13.4. The molecule has 0 bridgehead atoms. The van der Waals surface area contributed by atoms with Gasteiger partial charge in [-0.3, -0.25) is 4.79 Å². The van der Waals surface area contributed by atoms with Crippen LogP contribution in [-0.2, 0) is 15.9 Å². The number of H-pyrrole nitrogens is 1. The van der Waals surface area contributed by atoms with Crippen LogP contribution >= 0.6 is 23.2 Å². The van der Waals surface area contributed by atoms with E-state index in [0.717, 1.165) is 5.69 Å². The lowest BCUT2D eigenvalue weighted by molar-refractivity contribution is -0.0239. The van der Waals surface area contributed by atoms with Crippen molar-refractivity contribution < 1.29 is 19.1 Å². The predicted molar refractivity (Wildman–Crippen MR) is 107 cm³/mol. The molecule has 0 unspecified atom stereocenters. The molecule has 1 saturated carbocycles. The van der Waals surface area contributed by atoms with Crippen molar-refractivity contribution in [2.75, 3.05) is 26.3 Å². The number of nitrogens with one attached hydrogen (secondary N) is 2. The molecule has 0 spiro atoms. The summed E-state index contributed by atoms with van der Waals surface area (Å²) in [4.78, 5) is 29.5. The fraction of sp³-hybridized carbons (Fsp3) is 0.684. The van der Waals surface area contributed by atoms with Crippen molar-refractivity contribution in [2.45, 2.75) is 51.7 Å². The Hall–Kier alpha value is -1.44. The largest absolute Gasteiger partial charge is 0.450 e. The number of aryl methyl sites for hydroxylation is 1. The van der Waals surface area contributed by atoms with Gasteiger partial charge in [-0.2, -0.15) is 0 Å². The van der Waals surface area contributed by atoms with Crippen LogP contribution in [0.2, 0.25) is 10.0 Å².